The second-order valence-electron chi connectivity index (χ2n) is 14.3. The summed E-state index contributed by atoms with van der Waals surface area (Å²) in [5.41, 5.74) is 1.77. The molecular weight excluding hydrogens is 554 g/mol. The van der Waals surface area contributed by atoms with Crippen molar-refractivity contribution in [2.45, 2.75) is 97.9 Å². The van der Waals surface area contributed by atoms with E-state index in [9.17, 15) is 39.6 Å². The van der Waals surface area contributed by atoms with Gasteiger partial charge in [0.25, 0.3) is 0 Å². The van der Waals surface area contributed by atoms with Gasteiger partial charge in [-0.2, -0.15) is 0 Å². The van der Waals surface area contributed by atoms with Gasteiger partial charge in [0, 0.05) is 11.8 Å². The number of ketones is 2. The molecule has 4 rings (SSSR count). The Morgan fingerprint density at radius 3 is 2.35 bits per heavy atom. The summed E-state index contributed by atoms with van der Waals surface area (Å²) in [6.07, 6.45) is -1.06. The van der Waals surface area contributed by atoms with Gasteiger partial charge >= 0.3 is 5.97 Å². The molecule has 0 bridgehead atoms. The summed E-state index contributed by atoms with van der Waals surface area (Å²) < 4.78 is 5.38. The summed E-state index contributed by atoms with van der Waals surface area (Å²) in [4.78, 5) is 52.8. The third kappa shape index (κ3) is 5.19. The van der Waals surface area contributed by atoms with Crippen molar-refractivity contribution < 1.29 is 44.3 Å². The number of carbonyl (C=O) groups excluding carboxylic acids is 4. The largest absolute Gasteiger partial charge is 0.507 e. The van der Waals surface area contributed by atoms with Crippen LogP contribution in [0.4, 0.5) is 0 Å². The average molecular weight is 602 g/mol. The first-order chi connectivity index (χ1) is 19.9. The van der Waals surface area contributed by atoms with E-state index in [4.69, 9.17) is 10.5 Å². The summed E-state index contributed by atoms with van der Waals surface area (Å²) in [6.45, 7) is 11.6. The molecule has 1 aromatic rings. The topological polar surface area (TPSA) is 184 Å². The molecule has 2 fully saturated rings. The molecule has 0 saturated heterocycles. The van der Waals surface area contributed by atoms with E-state index in [0.717, 1.165) is 12.8 Å². The van der Waals surface area contributed by atoms with Gasteiger partial charge in [0.1, 0.15) is 17.8 Å². The second-order valence-corrected chi connectivity index (χ2v) is 14.3. The number of nitrogens with two attached hydrogens (primary N) is 1. The molecule has 2 unspecified atom stereocenters. The number of ether oxygens (including phenoxy) is 1. The predicted molar refractivity (Wildman–Crippen MR) is 157 cm³/mol. The highest BCUT2D eigenvalue weighted by Gasteiger charge is 2.75. The summed E-state index contributed by atoms with van der Waals surface area (Å²) in [6, 6.07) is 3.05. The molecule has 3 aliphatic carbocycles. The van der Waals surface area contributed by atoms with E-state index in [0.29, 0.717) is 23.7 Å². The fraction of sp³-hybridized carbons (Fsp3) is 0.697. The van der Waals surface area contributed by atoms with E-state index in [-0.39, 0.29) is 48.9 Å². The molecule has 10 nitrogen and oxygen atoms in total. The molecule has 1 aromatic carbocycles. The van der Waals surface area contributed by atoms with Gasteiger partial charge in [-0.15, -0.1) is 0 Å². The fourth-order valence-corrected chi connectivity index (χ4v) is 8.81. The maximum atomic E-state index is 14.2. The van der Waals surface area contributed by atoms with Crippen LogP contribution in [-0.2, 0) is 32.0 Å². The molecule has 43 heavy (non-hydrogen) atoms. The van der Waals surface area contributed by atoms with Crippen molar-refractivity contribution in [1.82, 2.24) is 0 Å². The molecule has 10 heteroatoms. The van der Waals surface area contributed by atoms with Gasteiger partial charge in [-0.1, -0.05) is 47.6 Å². The van der Waals surface area contributed by atoms with Gasteiger partial charge in [0.05, 0.1) is 24.2 Å². The highest BCUT2D eigenvalue weighted by Crippen LogP contribution is 2.65. The normalized spacial score (nSPS) is 35.4. The first-order valence-electron chi connectivity index (χ1n) is 15.4. The van der Waals surface area contributed by atoms with Crippen molar-refractivity contribution in [2.75, 3.05) is 6.61 Å². The first-order valence-corrected chi connectivity index (χ1v) is 15.4. The summed E-state index contributed by atoms with van der Waals surface area (Å²) >= 11 is 0. The molecule has 1 amide bonds. The number of aryl methyl sites for hydroxylation is 1. The van der Waals surface area contributed by atoms with E-state index >= 15 is 0 Å². The van der Waals surface area contributed by atoms with Crippen LogP contribution < -0.4 is 5.73 Å². The number of aliphatic hydroxyl groups excluding tert-OH is 2. The number of hydrogen-bond acceptors (Lipinski definition) is 9. The second kappa shape index (κ2) is 11.6. The van der Waals surface area contributed by atoms with Gasteiger partial charge < -0.3 is 30.9 Å². The Hall–Kier alpha value is -2.82. The van der Waals surface area contributed by atoms with Crippen molar-refractivity contribution in [3.8, 4) is 5.75 Å². The highest BCUT2D eigenvalue weighted by molar-refractivity contribution is 6.09. The number of phenols is 1. The molecule has 0 aromatic heterocycles. The number of esters is 1. The number of aliphatic hydroxyl groups is 3. The highest BCUT2D eigenvalue weighted by atomic mass is 16.5. The van der Waals surface area contributed by atoms with Crippen molar-refractivity contribution >= 4 is 23.4 Å². The van der Waals surface area contributed by atoms with Crippen LogP contribution in [-0.4, -0.2) is 68.3 Å². The van der Waals surface area contributed by atoms with Crippen LogP contribution in [0.5, 0.6) is 5.75 Å². The van der Waals surface area contributed by atoms with E-state index in [1.807, 2.05) is 0 Å². The van der Waals surface area contributed by atoms with E-state index in [1.54, 1.807) is 33.8 Å². The minimum Gasteiger partial charge on any atom is -0.507 e. The van der Waals surface area contributed by atoms with Gasteiger partial charge in [-0.25, -0.2) is 0 Å². The van der Waals surface area contributed by atoms with Crippen molar-refractivity contribution in [3.63, 3.8) is 0 Å². The number of hydrogen-bond donors (Lipinski definition) is 5. The zero-order chi connectivity index (χ0) is 32.2. The molecule has 8 atom stereocenters. The maximum absolute atomic E-state index is 14.2. The van der Waals surface area contributed by atoms with Gasteiger partial charge in [-0.05, 0) is 72.5 Å². The average Bonchev–Trinajstić information content (AvgIpc) is 2.87. The third-order valence-electron chi connectivity index (χ3n) is 10.5. The molecule has 238 valence electrons. The lowest BCUT2D eigenvalue weighted by Crippen LogP contribution is -2.79. The van der Waals surface area contributed by atoms with Crippen LogP contribution in [0.3, 0.4) is 0 Å². The van der Waals surface area contributed by atoms with Crippen LogP contribution in [0.15, 0.2) is 12.1 Å². The zero-order valence-corrected chi connectivity index (χ0v) is 26.1. The number of carbonyl (C=O) groups is 4. The van der Waals surface area contributed by atoms with Crippen LogP contribution in [0, 0.1) is 40.4 Å². The van der Waals surface area contributed by atoms with E-state index < -0.39 is 63.9 Å². The SMILES string of the molecule is CC(C)CCCOC(=O)CCc1ccc(O)c2c1C[C@]1(C)C[C@]3(C)[C@@H](C(C)C)C(O)[C@@H](C(N)=O)C(=O)[C@]3(O)C(O)[C@H]1C2=O. The Labute approximate surface area is 253 Å². The zero-order valence-electron chi connectivity index (χ0n) is 26.1. The Morgan fingerprint density at radius 1 is 1.12 bits per heavy atom. The van der Waals surface area contributed by atoms with Crippen molar-refractivity contribution in [2.24, 2.45) is 46.2 Å². The lowest BCUT2D eigenvalue weighted by molar-refractivity contribution is -0.265. The van der Waals surface area contributed by atoms with Gasteiger partial charge in [-0.3, -0.25) is 19.2 Å². The number of aromatic hydroxyl groups is 1. The maximum Gasteiger partial charge on any atom is 0.306 e. The third-order valence-corrected chi connectivity index (χ3v) is 10.5. The number of Topliss-reactive ketones (excluding diaryl/α,β-unsaturated/α-hetero) is 2. The number of phenolic OH excluding ortho intramolecular Hbond substituents is 1. The van der Waals surface area contributed by atoms with Crippen molar-refractivity contribution in [1.29, 1.82) is 0 Å². The fourth-order valence-electron chi connectivity index (χ4n) is 8.81. The van der Waals surface area contributed by atoms with E-state index in [2.05, 4.69) is 13.8 Å². The Bertz CT molecular complexity index is 1310. The smallest absolute Gasteiger partial charge is 0.306 e. The van der Waals surface area contributed by atoms with E-state index in [1.165, 1.54) is 6.07 Å². The number of amides is 1. The van der Waals surface area contributed by atoms with Crippen molar-refractivity contribution in [3.05, 3.63) is 28.8 Å². The summed E-state index contributed by atoms with van der Waals surface area (Å²) in [5, 5.41) is 46.1. The monoisotopic (exact) mass is 601 g/mol. The summed E-state index contributed by atoms with van der Waals surface area (Å²) in [5.74, 6) is -7.15. The van der Waals surface area contributed by atoms with Crippen LogP contribution >= 0.6 is 0 Å². The lowest BCUT2D eigenvalue weighted by Gasteiger charge is -2.66. The molecule has 0 aliphatic heterocycles. The summed E-state index contributed by atoms with van der Waals surface area (Å²) in [7, 11) is 0. The molecular formula is C33H47NO9. The quantitative estimate of drug-likeness (QED) is 0.161. The first kappa shape index (κ1) is 33.1. The lowest BCUT2D eigenvalue weighted by atomic mass is 9.39. The van der Waals surface area contributed by atoms with Gasteiger partial charge in [0.15, 0.2) is 17.2 Å². The Kier molecular flexibility index (Phi) is 8.92. The van der Waals surface area contributed by atoms with Gasteiger partial charge in [0.2, 0.25) is 5.91 Å². The molecule has 6 N–H and O–H groups in total. The van der Waals surface area contributed by atoms with Crippen LogP contribution in [0.25, 0.3) is 0 Å². The minimum absolute atomic E-state index is 0.00770. The molecule has 3 aliphatic rings. The number of rotatable bonds is 9. The molecule has 0 spiro atoms. The number of benzene rings is 1. The predicted octanol–water partition coefficient (Wildman–Crippen LogP) is 2.48. The molecule has 0 radical (unpaired) electrons. The molecule has 2 saturated carbocycles. The standard InChI is InChI=1S/C33H47NO9/c1-16(2)8-7-13-43-21(36)12-10-18-9-11-20(35)22-19(18)14-31(5)15-32(6)24(17(3)4)27(38)23(30(34)41)28(39)33(32,42)29(40)25(31)26(22)37/h9,11,16-17,23-25,27,29,35,38,40,42H,7-8,10,12-15H2,1-6H3,(H2,34,41)/t23-,24+,25-,27?,29?,31-,32-,33+/m1/s1. The Balaban J connectivity index is 1.72. The van der Waals surface area contributed by atoms with Crippen LogP contribution in [0.2, 0.25) is 0 Å². The van der Waals surface area contributed by atoms with Crippen LogP contribution in [0.1, 0.15) is 88.7 Å². The molecule has 0 heterocycles. The Morgan fingerprint density at radius 2 is 1.77 bits per heavy atom. The minimum atomic E-state index is -2.55. The number of primary amides is 1. The number of fused-ring (bicyclic) bond motifs is 3.